The van der Waals surface area contributed by atoms with Crippen LogP contribution in [0.5, 0.6) is 5.75 Å². The number of hydrogen-bond acceptors (Lipinski definition) is 5. The number of para-hydroxylation sites is 1. The summed E-state index contributed by atoms with van der Waals surface area (Å²) in [6.07, 6.45) is 3.92. The molecule has 2 aromatic carbocycles. The number of urea groups is 1. The zero-order valence-corrected chi connectivity index (χ0v) is 18.8. The van der Waals surface area contributed by atoms with Gasteiger partial charge in [0.2, 0.25) is 5.91 Å². The second-order valence-electron chi connectivity index (χ2n) is 8.60. The van der Waals surface area contributed by atoms with Gasteiger partial charge < -0.3 is 15.0 Å². The number of imide groups is 1. The summed E-state index contributed by atoms with van der Waals surface area (Å²) in [5, 5.41) is 7.19. The van der Waals surface area contributed by atoms with Crippen molar-refractivity contribution in [2.75, 3.05) is 20.2 Å². The first-order valence-electron chi connectivity index (χ1n) is 11.1. The van der Waals surface area contributed by atoms with Gasteiger partial charge in [-0.3, -0.25) is 19.2 Å². The molecule has 1 spiro atoms. The quantitative estimate of drug-likeness (QED) is 0.570. The van der Waals surface area contributed by atoms with Gasteiger partial charge in [-0.05, 0) is 11.6 Å². The molecule has 0 aliphatic carbocycles. The number of hydrogen-bond donors (Lipinski definition) is 1. The molecule has 1 N–H and O–H groups in total. The Hall–Kier alpha value is -4.14. The Morgan fingerprint density at radius 2 is 1.88 bits per heavy atom. The minimum atomic E-state index is -1.19. The summed E-state index contributed by atoms with van der Waals surface area (Å²) in [5.74, 6) is -0.192. The molecule has 0 radical (unpaired) electrons. The van der Waals surface area contributed by atoms with Gasteiger partial charge in [-0.25, -0.2) is 4.79 Å². The van der Waals surface area contributed by atoms with E-state index in [2.05, 4.69) is 10.4 Å². The number of rotatable bonds is 6. The lowest BCUT2D eigenvalue weighted by Crippen LogP contribution is -2.48. The molecule has 9 heteroatoms. The minimum absolute atomic E-state index is 0.303. The zero-order chi connectivity index (χ0) is 23.7. The SMILES string of the molecule is CN(Cc1cnn(Cc2ccccc2)c1)C(=O)CN1C(=O)N[C@@]2(CCOc3ccccc32)C1=O. The second-order valence-corrected chi connectivity index (χ2v) is 8.60. The number of nitrogens with one attached hydrogen (secondary N) is 1. The number of nitrogens with zero attached hydrogens (tertiary/aromatic N) is 4. The van der Waals surface area contributed by atoms with Gasteiger partial charge in [0.15, 0.2) is 5.54 Å². The molecule has 9 nitrogen and oxygen atoms in total. The Morgan fingerprint density at radius 1 is 1.12 bits per heavy atom. The maximum absolute atomic E-state index is 13.4. The Morgan fingerprint density at radius 3 is 2.71 bits per heavy atom. The molecule has 3 aromatic rings. The van der Waals surface area contributed by atoms with E-state index in [-0.39, 0.29) is 12.5 Å². The lowest BCUT2D eigenvalue weighted by molar-refractivity contribution is -0.139. The molecule has 2 aliphatic rings. The van der Waals surface area contributed by atoms with Crippen LogP contribution in [0, 0.1) is 0 Å². The maximum Gasteiger partial charge on any atom is 0.325 e. The molecular formula is C25H25N5O4. The van der Waals surface area contributed by atoms with Crippen LogP contribution in [0.15, 0.2) is 67.0 Å². The number of amides is 4. The molecule has 1 atom stereocenters. The molecule has 1 aromatic heterocycles. The van der Waals surface area contributed by atoms with Crippen LogP contribution < -0.4 is 10.1 Å². The van der Waals surface area contributed by atoms with Gasteiger partial charge in [-0.15, -0.1) is 0 Å². The minimum Gasteiger partial charge on any atom is -0.493 e. The Kier molecular flexibility index (Phi) is 5.53. The fourth-order valence-corrected chi connectivity index (χ4v) is 4.48. The number of benzene rings is 2. The van der Waals surface area contributed by atoms with Gasteiger partial charge in [0.1, 0.15) is 12.3 Å². The summed E-state index contributed by atoms with van der Waals surface area (Å²) in [7, 11) is 1.65. The Labute approximate surface area is 196 Å². The van der Waals surface area contributed by atoms with E-state index in [1.165, 1.54) is 4.90 Å². The van der Waals surface area contributed by atoms with Crippen LogP contribution in [0.25, 0.3) is 0 Å². The normalized spacial score (nSPS) is 19.0. The van der Waals surface area contributed by atoms with Crippen molar-refractivity contribution >= 4 is 17.8 Å². The van der Waals surface area contributed by atoms with Crippen LogP contribution in [0.2, 0.25) is 0 Å². The standard InChI is InChI=1S/C25H25N5O4/c1-28(14-19-13-26-29(16-19)15-18-7-3-2-4-8-18)22(31)17-30-23(32)25(27-24(30)33)11-12-34-21-10-6-5-9-20(21)25/h2-10,13,16H,11-12,14-15,17H2,1H3,(H,27,33)/t25-/m1/s1. The van der Waals surface area contributed by atoms with E-state index in [1.54, 1.807) is 31.4 Å². The van der Waals surface area contributed by atoms with Crippen LogP contribution in [-0.2, 0) is 28.2 Å². The third-order valence-corrected chi connectivity index (χ3v) is 6.27. The van der Waals surface area contributed by atoms with E-state index in [0.717, 1.165) is 16.0 Å². The molecule has 174 valence electrons. The number of aromatic nitrogens is 2. The molecule has 34 heavy (non-hydrogen) atoms. The highest BCUT2D eigenvalue weighted by atomic mass is 16.5. The molecule has 0 bridgehead atoms. The number of carbonyl (C=O) groups is 3. The molecule has 1 saturated heterocycles. The van der Waals surface area contributed by atoms with Crippen molar-refractivity contribution in [3.63, 3.8) is 0 Å². The molecule has 5 rings (SSSR count). The van der Waals surface area contributed by atoms with E-state index in [4.69, 9.17) is 4.74 Å². The van der Waals surface area contributed by atoms with Crippen LogP contribution in [0.4, 0.5) is 4.79 Å². The fourth-order valence-electron chi connectivity index (χ4n) is 4.48. The monoisotopic (exact) mass is 459 g/mol. The molecule has 3 heterocycles. The maximum atomic E-state index is 13.4. The van der Waals surface area contributed by atoms with Crippen molar-refractivity contribution in [3.05, 3.63) is 83.7 Å². The third kappa shape index (κ3) is 3.89. The highest BCUT2D eigenvalue weighted by molar-refractivity contribution is 6.09. The summed E-state index contributed by atoms with van der Waals surface area (Å²) in [6.45, 7) is 0.926. The van der Waals surface area contributed by atoms with Crippen molar-refractivity contribution in [1.29, 1.82) is 0 Å². The van der Waals surface area contributed by atoms with Gasteiger partial charge in [0.25, 0.3) is 5.91 Å². The Bertz CT molecular complexity index is 1240. The van der Waals surface area contributed by atoms with E-state index < -0.39 is 17.5 Å². The number of ether oxygens (including phenoxy) is 1. The third-order valence-electron chi connectivity index (χ3n) is 6.27. The first-order valence-corrected chi connectivity index (χ1v) is 11.1. The van der Waals surface area contributed by atoms with E-state index >= 15 is 0 Å². The highest BCUT2D eigenvalue weighted by Crippen LogP contribution is 2.40. The molecule has 4 amide bonds. The fraction of sp³-hybridized carbons (Fsp3) is 0.280. The van der Waals surface area contributed by atoms with Gasteiger partial charge in [0.05, 0.1) is 19.3 Å². The first kappa shape index (κ1) is 21.7. The van der Waals surface area contributed by atoms with Crippen molar-refractivity contribution in [3.8, 4) is 5.75 Å². The Balaban J connectivity index is 1.24. The number of carbonyl (C=O) groups excluding carboxylic acids is 3. The average molecular weight is 460 g/mol. The summed E-state index contributed by atoms with van der Waals surface area (Å²) in [6, 6.07) is 16.6. The largest absolute Gasteiger partial charge is 0.493 e. The second kappa shape index (κ2) is 8.66. The molecular weight excluding hydrogens is 434 g/mol. The first-order chi connectivity index (χ1) is 16.5. The predicted octanol–water partition coefficient (Wildman–Crippen LogP) is 2.12. The van der Waals surface area contributed by atoms with Crippen molar-refractivity contribution < 1.29 is 19.1 Å². The topological polar surface area (TPSA) is 96.8 Å². The number of likely N-dealkylation sites (N-methyl/N-ethyl adjacent to an activating group) is 1. The van der Waals surface area contributed by atoms with E-state index in [1.807, 2.05) is 47.3 Å². The lowest BCUT2D eigenvalue weighted by Gasteiger charge is -2.33. The van der Waals surface area contributed by atoms with Gasteiger partial charge >= 0.3 is 6.03 Å². The molecule has 0 unspecified atom stereocenters. The van der Waals surface area contributed by atoms with Gasteiger partial charge in [-0.1, -0.05) is 48.5 Å². The zero-order valence-electron chi connectivity index (χ0n) is 18.8. The van der Waals surface area contributed by atoms with Crippen molar-refractivity contribution in [1.82, 2.24) is 24.9 Å². The molecule has 1 fully saturated rings. The van der Waals surface area contributed by atoms with E-state index in [0.29, 0.717) is 37.4 Å². The van der Waals surface area contributed by atoms with Gasteiger partial charge in [-0.2, -0.15) is 5.10 Å². The van der Waals surface area contributed by atoms with E-state index in [9.17, 15) is 14.4 Å². The molecule has 0 saturated carbocycles. The highest BCUT2D eigenvalue weighted by Gasteiger charge is 2.55. The number of fused-ring (bicyclic) bond motifs is 2. The van der Waals surface area contributed by atoms with Crippen LogP contribution >= 0.6 is 0 Å². The van der Waals surface area contributed by atoms with Crippen molar-refractivity contribution in [2.24, 2.45) is 0 Å². The average Bonchev–Trinajstić information content (AvgIpc) is 3.37. The summed E-state index contributed by atoms with van der Waals surface area (Å²) >= 11 is 0. The predicted molar refractivity (Wildman–Crippen MR) is 123 cm³/mol. The summed E-state index contributed by atoms with van der Waals surface area (Å²) in [5.41, 5.74) is 1.42. The van der Waals surface area contributed by atoms with Gasteiger partial charge in [0, 0.05) is 37.3 Å². The summed E-state index contributed by atoms with van der Waals surface area (Å²) in [4.78, 5) is 41.5. The van der Waals surface area contributed by atoms with Crippen LogP contribution in [0.1, 0.15) is 23.1 Å². The summed E-state index contributed by atoms with van der Waals surface area (Å²) < 4.78 is 7.46. The van der Waals surface area contributed by atoms with Crippen molar-refractivity contribution in [2.45, 2.75) is 25.0 Å². The lowest BCUT2D eigenvalue weighted by atomic mass is 9.84. The van der Waals surface area contributed by atoms with Crippen LogP contribution in [-0.4, -0.2) is 57.6 Å². The smallest absolute Gasteiger partial charge is 0.325 e. The molecule has 2 aliphatic heterocycles. The van der Waals surface area contributed by atoms with Crippen LogP contribution in [0.3, 0.4) is 0 Å².